The Morgan fingerprint density at radius 2 is 2.11 bits per heavy atom. The molecule has 0 amide bonds. The molecule has 5 heteroatoms. The number of ether oxygens (including phenoxy) is 1. The minimum Gasteiger partial charge on any atom is -0.481 e. The lowest BCUT2D eigenvalue weighted by Gasteiger charge is -2.04. The summed E-state index contributed by atoms with van der Waals surface area (Å²) in [4.78, 5) is 22.0. The Hall–Kier alpha value is -2.30. The molecule has 0 aliphatic carbocycles. The quantitative estimate of drug-likeness (QED) is 0.838. The highest BCUT2D eigenvalue weighted by atomic mass is 16.5. The van der Waals surface area contributed by atoms with E-state index in [1.165, 1.54) is 7.11 Å². The van der Waals surface area contributed by atoms with E-state index in [4.69, 9.17) is 5.11 Å². The Morgan fingerprint density at radius 1 is 1.33 bits per heavy atom. The summed E-state index contributed by atoms with van der Waals surface area (Å²) < 4.78 is 6.47. The van der Waals surface area contributed by atoms with Gasteiger partial charge in [0, 0.05) is 18.3 Å². The van der Waals surface area contributed by atoms with E-state index in [1.54, 1.807) is 12.1 Å². The van der Waals surface area contributed by atoms with E-state index in [0.29, 0.717) is 12.1 Å². The number of esters is 1. The predicted molar refractivity (Wildman–Crippen MR) is 65.5 cm³/mol. The van der Waals surface area contributed by atoms with Crippen molar-refractivity contribution in [3.05, 3.63) is 36.0 Å². The van der Waals surface area contributed by atoms with Gasteiger partial charge in [-0.3, -0.25) is 4.79 Å². The number of carbonyl (C=O) groups excluding carboxylic acids is 1. The molecule has 0 bridgehead atoms. The monoisotopic (exact) mass is 247 g/mol. The molecule has 0 atom stereocenters. The van der Waals surface area contributed by atoms with Crippen molar-refractivity contribution in [3.63, 3.8) is 0 Å². The van der Waals surface area contributed by atoms with Crippen molar-refractivity contribution in [2.24, 2.45) is 0 Å². The van der Waals surface area contributed by atoms with Crippen LogP contribution in [0, 0.1) is 0 Å². The summed E-state index contributed by atoms with van der Waals surface area (Å²) >= 11 is 0. The fraction of sp³-hybridized carbons (Fsp3) is 0.231. The van der Waals surface area contributed by atoms with E-state index in [-0.39, 0.29) is 6.42 Å². The number of carboxylic acid groups (broad SMARTS) is 1. The third-order valence-electron chi connectivity index (χ3n) is 2.76. The molecule has 2 rings (SSSR count). The van der Waals surface area contributed by atoms with Crippen molar-refractivity contribution in [2.75, 3.05) is 7.11 Å². The van der Waals surface area contributed by atoms with Gasteiger partial charge in [-0.2, -0.15) is 0 Å². The van der Waals surface area contributed by atoms with Gasteiger partial charge in [0.15, 0.2) is 0 Å². The molecule has 0 radical (unpaired) electrons. The standard InChI is InChI=1S/C13H13NO4/c1-18-13(17)10-3-2-9-4-6-14(11(9)8-10)7-5-12(15)16/h2-4,6,8H,5,7H2,1H3,(H,15,16). The normalized spacial score (nSPS) is 10.5. The number of benzene rings is 1. The average molecular weight is 247 g/mol. The molecule has 0 aliphatic heterocycles. The van der Waals surface area contributed by atoms with Crippen LogP contribution < -0.4 is 0 Å². The molecule has 1 N–H and O–H groups in total. The first-order valence-corrected chi connectivity index (χ1v) is 5.51. The second kappa shape index (κ2) is 4.91. The average Bonchev–Trinajstić information content (AvgIpc) is 2.77. The zero-order valence-electron chi connectivity index (χ0n) is 9.92. The van der Waals surface area contributed by atoms with Crippen LogP contribution in [-0.2, 0) is 16.1 Å². The molecule has 1 heterocycles. The highest BCUT2D eigenvalue weighted by molar-refractivity contribution is 5.94. The largest absolute Gasteiger partial charge is 0.481 e. The number of carbonyl (C=O) groups is 2. The topological polar surface area (TPSA) is 68.5 Å². The molecule has 0 spiro atoms. The van der Waals surface area contributed by atoms with E-state index in [0.717, 1.165) is 10.9 Å². The van der Waals surface area contributed by atoms with Crippen LogP contribution in [0.4, 0.5) is 0 Å². The fourth-order valence-corrected chi connectivity index (χ4v) is 1.84. The van der Waals surface area contributed by atoms with Crippen molar-refractivity contribution in [2.45, 2.75) is 13.0 Å². The van der Waals surface area contributed by atoms with E-state index in [1.807, 2.05) is 22.9 Å². The number of hydrogen-bond acceptors (Lipinski definition) is 3. The SMILES string of the molecule is COC(=O)c1ccc2ccn(CCC(=O)O)c2c1. The first kappa shape index (κ1) is 12.2. The highest BCUT2D eigenvalue weighted by Crippen LogP contribution is 2.18. The fourth-order valence-electron chi connectivity index (χ4n) is 1.84. The summed E-state index contributed by atoms with van der Waals surface area (Å²) in [5.74, 6) is -1.25. The number of rotatable bonds is 4. The van der Waals surface area contributed by atoms with Gasteiger partial charge in [0.1, 0.15) is 0 Å². The van der Waals surface area contributed by atoms with Crippen LogP contribution in [-0.4, -0.2) is 28.7 Å². The number of fused-ring (bicyclic) bond motifs is 1. The van der Waals surface area contributed by atoms with Gasteiger partial charge in [0.05, 0.1) is 19.1 Å². The Kier molecular flexibility index (Phi) is 3.32. The molecule has 0 saturated heterocycles. The summed E-state index contributed by atoms with van der Waals surface area (Å²) in [6, 6.07) is 7.11. The first-order valence-electron chi connectivity index (χ1n) is 5.51. The molecule has 2 aromatic rings. The molecular formula is C13H13NO4. The molecule has 18 heavy (non-hydrogen) atoms. The van der Waals surface area contributed by atoms with E-state index in [9.17, 15) is 9.59 Å². The maximum Gasteiger partial charge on any atom is 0.337 e. The highest BCUT2D eigenvalue weighted by Gasteiger charge is 2.09. The van der Waals surface area contributed by atoms with Crippen LogP contribution in [0.15, 0.2) is 30.5 Å². The summed E-state index contributed by atoms with van der Waals surface area (Å²) in [7, 11) is 1.33. The molecule has 94 valence electrons. The van der Waals surface area contributed by atoms with Crippen molar-refractivity contribution in [1.82, 2.24) is 4.57 Å². The molecular weight excluding hydrogens is 234 g/mol. The summed E-state index contributed by atoms with van der Waals surface area (Å²) in [5.41, 5.74) is 1.29. The number of aryl methyl sites for hydroxylation is 1. The second-order valence-electron chi connectivity index (χ2n) is 3.92. The minimum absolute atomic E-state index is 0.0478. The number of hydrogen-bond donors (Lipinski definition) is 1. The third kappa shape index (κ3) is 2.34. The van der Waals surface area contributed by atoms with Crippen molar-refractivity contribution in [3.8, 4) is 0 Å². The van der Waals surface area contributed by atoms with Crippen LogP contribution in [0.5, 0.6) is 0 Å². The summed E-state index contributed by atoms with van der Waals surface area (Å²) in [6.07, 6.45) is 1.86. The lowest BCUT2D eigenvalue weighted by atomic mass is 10.1. The number of aromatic nitrogens is 1. The van der Waals surface area contributed by atoms with Gasteiger partial charge in [-0.05, 0) is 23.6 Å². The van der Waals surface area contributed by atoms with E-state index in [2.05, 4.69) is 4.74 Å². The zero-order valence-corrected chi connectivity index (χ0v) is 9.92. The maximum atomic E-state index is 11.4. The molecule has 1 aromatic heterocycles. The molecule has 0 aliphatic rings. The summed E-state index contributed by atoms with van der Waals surface area (Å²) in [5, 5.41) is 9.64. The number of carboxylic acids is 1. The lowest BCUT2D eigenvalue weighted by molar-refractivity contribution is -0.137. The smallest absolute Gasteiger partial charge is 0.337 e. The summed E-state index contributed by atoms with van der Waals surface area (Å²) in [6.45, 7) is 0.378. The van der Waals surface area contributed by atoms with Gasteiger partial charge in [-0.25, -0.2) is 4.79 Å². The van der Waals surface area contributed by atoms with Crippen LogP contribution in [0.2, 0.25) is 0 Å². The number of methoxy groups -OCH3 is 1. The molecule has 5 nitrogen and oxygen atoms in total. The Balaban J connectivity index is 2.37. The molecule has 0 fully saturated rings. The third-order valence-corrected chi connectivity index (χ3v) is 2.76. The molecule has 0 unspecified atom stereocenters. The van der Waals surface area contributed by atoms with Crippen LogP contribution in [0.3, 0.4) is 0 Å². The molecule has 0 saturated carbocycles. The van der Waals surface area contributed by atoms with Gasteiger partial charge in [-0.15, -0.1) is 0 Å². The first-order chi connectivity index (χ1) is 8.61. The van der Waals surface area contributed by atoms with Crippen LogP contribution in [0.1, 0.15) is 16.8 Å². The molecule has 1 aromatic carbocycles. The van der Waals surface area contributed by atoms with Crippen molar-refractivity contribution >= 4 is 22.8 Å². The van der Waals surface area contributed by atoms with Crippen molar-refractivity contribution < 1.29 is 19.4 Å². The van der Waals surface area contributed by atoms with Gasteiger partial charge < -0.3 is 14.4 Å². The number of nitrogens with zero attached hydrogens (tertiary/aromatic N) is 1. The van der Waals surface area contributed by atoms with Gasteiger partial charge in [0.2, 0.25) is 0 Å². The zero-order chi connectivity index (χ0) is 13.1. The Labute approximate surface area is 104 Å². The van der Waals surface area contributed by atoms with Crippen molar-refractivity contribution in [1.29, 1.82) is 0 Å². The predicted octanol–water partition coefficient (Wildman–Crippen LogP) is 1.90. The number of aliphatic carboxylic acids is 1. The minimum atomic E-state index is -0.846. The van der Waals surface area contributed by atoms with Gasteiger partial charge >= 0.3 is 11.9 Å². The maximum absolute atomic E-state index is 11.4. The Bertz CT molecular complexity index is 600. The lowest BCUT2D eigenvalue weighted by Crippen LogP contribution is -2.04. The Morgan fingerprint density at radius 3 is 2.78 bits per heavy atom. The van der Waals surface area contributed by atoms with Gasteiger partial charge in [0.25, 0.3) is 0 Å². The van der Waals surface area contributed by atoms with E-state index >= 15 is 0 Å². The van der Waals surface area contributed by atoms with Crippen LogP contribution in [0.25, 0.3) is 10.9 Å². The van der Waals surface area contributed by atoms with E-state index < -0.39 is 11.9 Å². The van der Waals surface area contributed by atoms with Crippen LogP contribution >= 0.6 is 0 Å². The second-order valence-corrected chi connectivity index (χ2v) is 3.92. The van der Waals surface area contributed by atoms with Gasteiger partial charge in [-0.1, -0.05) is 6.07 Å².